The van der Waals surface area contributed by atoms with Crippen LogP contribution < -0.4 is 5.32 Å². The van der Waals surface area contributed by atoms with Crippen molar-refractivity contribution in [1.82, 2.24) is 19.9 Å². The van der Waals surface area contributed by atoms with E-state index >= 15 is 0 Å². The van der Waals surface area contributed by atoms with Gasteiger partial charge in [0, 0.05) is 42.8 Å². The zero-order chi connectivity index (χ0) is 18.5. The van der Waals surface area contributed by atoms with Gasteiger partial charge in [0.25, 0.3) is 0 Å². The molecule has 4 rings (SSSR count). The molecular weight excluding hydrogens is 334 g/mol. The minimum atomic E-state index is 0.727. The molecule has 2 aromatic heterocycles. The first kappa shape index (κ1) is 17.6. The average Bonchev–Trinajstić information content (AvgIpc) is 3.21. The van der Waals surface area contributed by atoms with Crippen LogP contribution in [0, 0.1) is 6.92 Å². The Bertz CT molecular complexity index is 888. The van der Waals surface area contributed by atoms with Crippen LogP contribution in [0.4, 0.5) is 5.82 Å². The first-order valence-corrected chi connectivity index (χ1v) is 9.57. The fraction of sp³-hybridized carbons (Fsp3) is 0.318. The minimum Gasteiger partial charge on any atom is -0.366 e. The van der Waals surface area contributed by atoms with Crippen molar-refractivity contribution in [3.63, 3.8) is 0 Å². The zero-order valence-corrected chi connectivity index (χ0v) is 15.7. The molecule has 1 N–H and O–H groups in total. The van der Waals surface area contributed by atoms with Gasteiger partial charge in [0.15, 0.2) is 5.82 Å². The molecule has 0 aliphatic carbocycles. The highest BCUT2D eigenvalue weighted by atomic mass is 15.1. The Labute approximate surface area is 160 Å². The first-order chi connectivity index (χ1) is 13.3. The largest absolute Gasteiger partial charge is 0.366 e. The Morgan fingerprint density at radius 3 is 2.48 bits per heavy atom. The molecule has 0 bridgehead atoms. The molecule has 1 aliphatic rings. The van der Waals surface area contributed by atoms with E-state index in [9.17, 15) is 0 Å². The molecule has 1 aromatic carbocycles. The number of pyridine rings is 1. The van der Waals surface area contributed by atoms with E-state index in [1.165, 1.54) is 37.1 Å². The maximum absolute atomic E-state index is 4.69. The molecule has 3 heterocycles. The lowest BCUT2D eigenvalue weighted by molar-refractivity contribution is 0.330. The molecule has 0 unspecified atom stereocenters. The number of aryl methyl sites for hydroxylation is 1. The molecule has 3 aromatic rings. The molecule has 1 fully saturated rings. The van der Waals surface area contributed by atoms with Gasteiger partial charge in [-0.05, 0) is 56.1 Å². The summed E-state index contributed by atoms with van der Waals surface area (Å²) < 4.78 is 0. The molecule has 5 nitrogen and oxygen atoms in total. The number of anilines is 1. The van der Waals surface area contributed by atoms with E-state index in [1.54, 1.807) is 12.4 Å². The Hall–Kier alpha value is -2.79. The normalized spacial score (nSPS) is 14.4. The fourth-order valence-corrected chi connectivity index (χ4v) is 3.54. The number of rotatable bonds is 6. The second-order valence-corrected chi connectivity index (χ2v) is 7.06. The van der Waals surface area contributed by atoms with Crippen LogP contribution in [0.5, 0.6) is 0 Å². The van der Waals surface area contributed by atoms with E-state index in [2.05, 4.69) is 44.5 Å². The molecule has 5 heteroatoms. The second kappa shape index (κ2) is 8.27. The Morgan fingerprint density at radius 1 is 0.963 bits per heavy atom. The lowest BCUT2D eigenvalue weighted by Gasteiger charge is -2.18. The van der Waals surface area contributed by atoms with E-state index in [0.29, 0.717) is 0 Å². The van der Waals surface area contributed by atoms with Crippen molar-refractivity contribution in [1.29, 1.82) is 0 Å². The Balaban J connectivity index is 1.50. The van der Waals surface area contributed by atoms with Gasteiger partial charge in [-0.2, -0.15) is 0 Å². The summed E-state index contributed by atoms with van der Waals surface area (Å²) in [6.45, 7) is 6.21. The minimum absolute atomic E-state index is 0.727. The fourth-order valence-electron chi connectivity index (χ4n) is 3.54. The van der Waals surface area contributed by atoms with Gasteiger partial charge in [-0.15, -0.1) is 0 Å². The van der Waals surface area contributed by atoms with Crippen molar-refractivity contribution in [2.45, 2.75) is 32.9 Å². The third-order valence-corrected chi connectivity index (χ3v) is 4.96. The molecule has 138 valence electrons. The molecule has 0 amide bonds. The van der Waals surface area contributed by atoms with Crippen LogP contribution in [0.15, 0.2) is 54.9 Å². The van der Waals surface area contributed by atoms with E-state index in [0.717, 1.165) is 36.0 Å². The molecule has 0 spiro atoms. The van der Waals surface area contributed by atoms with Crippen molar-refractivity contribution in [2.75, 3.05) is 18.4 Å². The number of hydrogen-bond donors (Lipinski definition) is 1. The van der Waals surface area contributed by atoms with Crippen molar-refractivity contribution in [3.05, 3.63) is 71.7 Å². The highest BCUT2D eigenvalue weighted by Crippen LogP contribution is 2.19. The second-order valence-electron chi connectivity index (χ2n) is 7.06. The van der Waals surface area contributed by atoms with Gasteiger partial charge < -0.3 is 5.32 Å². The van der Waals surface area contributed by atoms with Gasteiger partial charge in [-0.1, -0.05) is 24.3 Å². The summed E-state index contributed by atoms with van der Waals surface area (Å²) in [6.07, 6.45) is 6.17. The van der Waals surface area contributed by atoms with Gasteiger partial charge in [0.05, 0.1) is 0 Å². The van der Waals surface area contributed by atoms with Crippen LogP contribution in [-0.2, 0) is 13.1 Å². The molecule has 27 heavy (non-hydrogen) atoms. The Kier molecular flexibility index (Phi) is 5.39. The van der Waals surface area contributed by atoms with Crippen LogP contribution in [0.3, 0.4) is 0 Å². The number of nitrogens with zero attached hydrogens (tertiary/aromatic N) is 4. The van der Waals surface area contributed by atoms with E-state index in [4.69, 9.17) is 4.98 Å². The van der Waals surface area contributed by atoms with Crippen molar-refractivity contribution in [2.24, 2.45) is 0 Å². The maximum Gasteiger partial charge on any atom is 0.161 e. The van der Waals surface area contributed by atoms with Gasteiger partial charge in [0.2, 0.25) is 0 Å². The summed E-state index contributed by atoms with van der Waals surface area (Å²) in [7, 11) is 0. The average molecular weight is 359 g/mol. The van der Waals surface area contributed by atoms with Crippen LogP contribution in [0.2, 0.25) is 0 Å². The number of nitrogens with one attached hydrogen (secondary N) is 1. The predicted molar refractivity (Wildman–Crippen MR) is 108 cm³/mol. The SMILES string of the molecule is Cc1cc(NCc2ccccc2CN2CCCC2)nc(-c2ccncc2)n1. The first-order valence-electron chi connectivity index (χ1n) is 9.57. The van der Waals surface area contributed by atoms with Crippen molar-refractivity contribution < 1.29 is 0 Å². The highest BCUT2D eigenvalue weighted by Gasteiger charge is 2.13. The quantitative estimate of drug-likeness (QED) is 0.719. The molecular formula is C22H25N5. The third-order valence-electron chi connectivity index (χ3n) is 4.96. The molecule has 1 saturated heterocycles. The van der Waals surface area contributed by atoms with E-state index < -0.39 is 0 Å². The standard InChI is InChI=1S/C22H25N5/c1-17-14-21(26-22(25-17)18-8-10-23-11-9-18)24-15-19-6-2-3-7-20(19)16-27-12-4-5-13-27/h2-3,6-11,14H,4-5,12-13,15-16H2,1H3,(H,24,25,26). The van der Waals surface area contributed by atoms with Gasteiger partial charge >= 0.3 is 0 Å². The Morgan fingerprint density at radius 2 is 1.70 bits per heavy atom. The lowest BCUT2D eigenvalue weighted by Crippen LogP contribution is -2.19. The summed E-state index contributed by atoms with van der Waals surface area (Å²) in [4.78, 5) is 15.9. The van der Waals surface area contributed by atoms with Crippen LogP contribution in [0.1, 0.15) is 29.7 Å². The van der Waals surface area contributed by atoms with Gasteiger partial charge in [-0.25, -0.2) is 9.97 Å². The topological polar surface area (TPSA) is 53.9 Å². The summed E-state index contributed by atoms with van der Waals surface area (Å²) in [5.41, 5.74) is 4.65. The van der Waals surface area contributed by atoms with E-state index in [1.807, 2.05) is 25.1 Å². The highest BCUT2D eigenvalue weighted by molar-refractivity contribution is 5.56. The van der Waals surface area contributed by atoms with Crippen LogP contribution in [-0.4, -0.2) is 32.9 Å². The number of benzene rings is 1. The predicted octanol–water partition coefficient (Wildman–Crippen LogP) is 4.05. The number of aromatic nitrogens is 3. The third kappa shape index (κ3) is 4.49. The molecule has 0 radical (unpaired) electrons. The van der Waals surface area contributed by atoms with Crippen LogP contribution in [0.25, 0.3) is 11.4 Å². The zero-order valence-electron chi connectivity index (χ0n) is 15.7. The van der Waals surface area contributed by atoms with Crippen molar-refractivity contribution >= 4 is 5.82 Å². The number of hydrogen-bond acceptors (Lipinski definition) is 5. The monoisotopic (exact) mass is 359 g/mol. The molecule has 0 atom stereocenters. The number of likely N-dealkylation sites (tertiary alicyclic amines) is 1. The summed E-state index contributed by atoms with van der Waals surface area (Å²) >= 11 is 0. The summed E-state index contributed by atoms with van der Waals surface area (Å²) in [5, 5.41) is 3.49. The van der Waals surface area contributed by atoms with E-state index in [-0.39, 0.29) is 0 Å². The summed E-state index contributed by atoms with van der Waals surface area (Å²) in [6, 6.07) is 14.5. The van der Waals surface area contributed by atoms with Gasteiger partial charge in [-0.3, -0.25) is 9.88 Å². The molecule has 1 aliphatic heterocycles. The summed E-state index contributed by atoms with van der Waals surface area (Å²) in [5.74, 6) is 1.58. The maximum atomic E-state index is 4.69. The lowest BCUT2D eigenvalue weighted by atomic mass is 10.1. The molecule has 0 saturated carbocycles. The van der Waals surface area contributed by atoms with Crippen molar-refractivity contribution in [3.8, 4) is 11.4 Å². The van der Waals surface area contributed by atoms with Gasteiger partial charge in [0.1, 0.15) is 5.82 Å². The smallest absolute Gasteiger partial charge is 0.161 e. The van der Waals surface area contributed by atoms with Crippen LogP contribution >= 0.6 is 0 Å².